The molecule has 2 rings (SSSR count). The molecule has 0 unspecified atom stereocenters. The van der Waals surface area contributed by atoms with Crippen LogP contribution in [-0.2, 0) is 28.5 Å². The van der Waals surface area contributed by atoms with Crippen molar-refractivity contribution in [1.82, 2.24) is 0 Å². The van der Waals surface area contributed by atoms with Gasteiger partial charge >= 0.3 is 12.1 Å². The molecule has 0 amide bonds. The summed E-state index contributed by atoms with van der Waals surface area (Å²) in [5, 5.41) is 8.93. The van der Waals surface area contributed by atoms with E-state index in [1.54, 1.807) is 0 Å². The quantitative estimate of drug-likeness (QED) is 0.597. The summed E-state index contributed by atoms with van der Waals surface area (Å²) in [7, 11) is 1.24. The highest BCUT2D eigenvalue weighted by atomic mass is 16.8. The predicted octanol–water partition coefficient (Wildman–Crippen LogP) is -0.928. The number of methoxy groups -OCH3 is 1. The fourth-order valence-electron chi connectivity index (χ4n) is 2.31. The summed E-state index contributed by atoms with van der Waals surface area (Å²) in [5.74, 6) is -0.602. The van der Waals surface area contributed by atoms with E-state index >= 15 is 0 Å². The predicted molar refractivity (Wildman–Crippen MR) is 70.6 cm³/mol. The molecule has 4 atom stereocenters. The number of aliphatic hydroxyl groups excluding tert-OH is 1. The molecule has 0 spiro atoms. The number of hydrogen-bond acceptors (Lipinski definition) is 9. The van der Waals surface area contributed by atoms with Gasteiger partial charge in [0.05, 0.1) is 20.3 Å². The van der Waals surface area contributed by atoms with Crippen molar-refractivity contribution in [3.05, 3.63) is 11.8 Å². The third-order valence-corrected chi connectivity index (χ3v) is 3.35. The van der Waals surface area contributed by atoms with Gasteiger partial charge in [0.25, 0.3) is 0 Å². The van der Waals surface area contributed by atoms with Crippen molar-refractivity contribution in [2.45, 2.75) is 30.8 Å². The summed E-state index contributed by atoms with van der Waals surface area (Å²) >= 11 is 0. The average Bonchev–Trinajstić information content (AvgIpc) is 2.94. The van der Waals surface area contributed by atoms with Gasteiger partial charge in [-0.3, -0.25) is 0 Å². The Kier molecular flexibility index (Phi) is 5.58. The van der Waals surface area contributed by atoms with E-state index in [0.29, 0.717) is 6.42 Å². The fraction of sp³-hybridized carbons (Fsp3) is 0.692. The maximum atomic E-state index is 11.6. The average molecular weight is 317 g/mol. The molecule has 1 saturated heterocycles. The van der Waals surface area contributed by atoms with Gasteiger partial charge in [-0.15, -0.1) is 0 Å². The van der Waals surface area contributed by atoms with Gasteiger partial charge in [0.2, 0.25) is 5.76 Å². The van der Waals surface area contributed by atoms with E-state index in [1.807, 2.05) is 0 Å². The molecule has 3 N–H and O–H groups in total. The molecule has 1 fully saturated rings. The van der Waals surface area contributed by atoms with Crippen LogP contribution in [0.3, 0.4) is 0 Å². The highest BCUT2D eigenvalue weighted by Crippen LogP contribution is 2.26. The Labute approximate surface area is 126 Å². The van der Waals surface area contributed by atoms with Crippen molar-refractivity contribution >= 4 is 12.1 Å². The van der Waals surface area contributed by atoms with Crippen molar-refractivity contribution in [2.75, 3.05) is 26.9 Å². The number of carbonyl (C=O) groups excluding carboxylic acids is 2. The molecule has 2 aliphatic rings. The van der Waals surface area contributed by atoms with Gasteiger partial charge < -0.3 is 34.5 Å². The molecule has 0 aromatic heterocycles. The van der Waals surface area contributed by atoms with Gasteiger partial charge in [-0.05, 0) is 12.5 Å². The number of rotatable bonds is 6. The van der Waals surface area contributed by atoms with E-state index in [4.69, 9.17) is 29.8 Å². The molecule has 124 valence electrons. The van der Waals surface area contributed by atoms with E-state index in [0.717, 1.165) is 0 Å². The molecule has 0 bridgehead atoms. The van der Waals surface area contributed by atoms with Gasteiger partial charge in [-0.25, -0.2) is 9.59 Å². The first-order chi connectivity index (χ1) is 10.6. The minimum atomic E-state index is -0.810. The molecule has 9 heteroatoms. The van der Waals surface area contributed by atoms with Crippen LogP contribution in [0.5, 0.6) is 0 Å². The Morgan fingerprint density at radius 2 is 2.32 bits per heavy atom. The van der Waals surface area contributed by atoms with Gasteiger partial charge in [0.15, 0.2) is 6.10 Å². The molecule has 2 aliphatic heterocycles. The SMILES string of the molecule is COC(=O)C1=CC[C@@H](N)[C@H]([C@H](OCCO)[C@H]2COC(=O)O2)O1. The zero-order valence-electron chi connectivity index (χ0n) is 12.1. The summed E-state index contributed by atoms with van der Waals surface area (Å²) < 4.78 is 25.4. The van der Waals surface area contributed by atoms with Crippen LogP contribution >= 0.6 is 0 Å². The molecular weight excluding hydrogens is 298 g/mol. The number of esters is 1. The first kappa shape index (κ1) is 16.5. The van der Waals surface area contributed by atoms with Crippen LogP contribution in [0.15, 0.2) is 11.8 Å². The molecular formula is C13H19NO8. The number of cyclic esters (lactones) is 2. The zero-order valence-corrected chi connectivity index (χ0v) is 12.1. The van der Waals surface area contributed by atoms with E-state index in [9.17, 15) is 9.59 Å². The molecule has 0 radical (unpaired) electrons. The molecule has 22 heavy (non-hydrogen) atoms. The van der Waals surface area contributed by atoms with Crippen LogP contribution in [0.4, 0.5) is 4.79 Å². The summed E-state index contributed by atoms with van der Waals surface area (Å²) in [5.41, 5.74) is 6.01. The molecule has 0 saturated carbocycles. The number of ether oxygens (including phenoxy) is 5. The lowest BCUT2D eigenvalue weighted by atomic mass is 9.96. The van der Waals surface area contributed by atoms with Crippen LogP contribution in [-0.4, -0.2) is 68.5 Å². The Balaban J connectivity index is 2.13. The van der Waals surface area contributed by atoms with Crippen molar-refractivity contribution in [2.24, 2.45) is 5.73 Å². The van der Waals surface area contributed by atoms with Gasteiger partial charge in [0, 0.05) is 6.04 Å². The first-order valence-electron chi connectivity index (χ1n) is 6.83. The van der Waals surface area contributed by atoms with Crippen molar-refractivity contribution < 1.29 is 38.4 Å². The Morgan fingerprint density at radius 1 is 1.55 bits per heavy atom. The monoisotopic (exact) mass is 317 g/mol. The molecule has 0 aliphatic carbocycles. The Morgan fingerprint density at radius 3 is 2.91 bits per heavy atom. The normalized spacial score (nSPS) is 29.0. The fourth-order valence-corrected chi connectivity index (χ4v) is 2.31. The second-order valence-electron chi connectivity index (χ2n) is 4.82. The van der Waals surface area contributed by atoms with E-state index in [1.165, 1.54) is 13.2 Å². The smallest absolute Gasteiger partial charge is 0.479 e. The molecule has 0 aromatic rings. The second-order valence-corrected chi connectivity index (χ2v) is 4.82. The summed E-state index contributed by atoms with van der Waals surface area (Å²) in [6.07, 6.45) is -1.15. The minimum Gasteiger partial charge on any atom is -0.479 e. The molecule has 9 nitrogen and oxygen atoms in total. The number of nitrogens with two attached hydrogens (primary N) is 1. The lowest BCUT2D eigenvalue weighted by molar-refractivity contribution is -0.149. The van der Waals surface area contributed by atoms with Gasteiger partial charge in [-0.1, -0.05) is 0 Å². The van der Waals surface area contributed by atoms with Crippen LogP contribution in [0.25, 0.3) is 0 Å². The number of aliphatic hydroxyl groups is 1. The van der Waals surface area contributed by atoms with Crippen molar-refractivity contribution in [3.63, 3.8) is 0 Å². The Bertz CT molecular complexity index is 451. The number of hydrogen-bond donors (Lipinski definition) is 2. The van der Waals surface area contributed by atoms with E-state index < -0.39 is 36.5 Å². The van der Waals surface area contributed by atoms with Gasteiger partial charge in [-0.2, -0.15) is 0 Å². The third-order valence-electron chi connectivity index (χ3n) is 3.35. The standard InChI is InChI=1S/C13H19NO8/c1-18-12(16)8-3-2-7(14)10(21-8)11(19-5-4-15)9-6-20-13(17)22-9/h3,7,9-11,15H,2,4-6,14H2,1H3/t7-,9-,10-,11-/m1/s1. The third kappa shape index (κ3) is 3.67. The largest absolute Gasteiger partial charge is 0.508 e. The van der Waals surface area contributed by atoms with Crippen molar-refractivity contribution in [3.8, 4) is 0 Å². The maximum absolute atomic E-state index is 11.6. The van der Waals surface area contributed by atoms with Crippen LogP contribution in [0.2, 0.25) is 0 Å². The van der Waals surface area contributed by atoms with Crippen molar-refractivity contribution in [1.29, 1.82) is 0 Å². The molecule has 0 aromatic carbocycles. The van der Waals surface area contributed by atoms with E-state index in [-0.39, 0.29) is 25.6 Å². The zero-order chi connectivity index (χ0) is 16.1. The highest BCUT2D eigenvalue weighted by Gasteiger charge is 2.44. The lowest BCUT2D eigenvalue weighted by Gasteiger charge is -2.35. The van der Waals surface area contributed by atoms with Crippen LogP contribution < -0.4 is 5.73 Å². The van der Waals surface area contributed by atoms with Crippen LogP contribution in [0.1, 0.15) is 6.42 Å². The summed E-state index contributed by atoms with van der Waals surface area (Å²) in [4.78, 5) is 22.7. The Hall–Kier alpha value is -1.84. The second kappa shape index (κ2) is 7.43. The lowest BCUT2D eigenvalue weighted by Crippen LogP contribution is -2.53. The number of carbonyl (C=O) groups is 2. The van der Waals surface area contributed by atoms with E-state index in [2.05, 4.69) is 4.74 Å². The summed E-state index contributed by atoms with van der Waals surface area (Å²) in [6, 6.07) is -0.476. The van der Waals surface area contributed by atoms with Gasteiger partial charge in [0.1, 0.15) is 18.8 Å². The minimum absolute atomic E-state index is 0.00255. The highest BCUT2D eigenvalue weighted by molar-refractivity contribution is 5.86. The molecule has 2 heterocycles. The first-order valence-corrected chi connectivity index (χ1v) is 6.83. The topological polar surface area (TPSA) is 127 Å². The van der Waals surface area contributed by atoms with Crippen LogP contribution in [0, 0.1) is 0 Å². The summed E-state index contributed by atoms with van der Waals surface area (Å²) in [6.45, 7) is -0.235. The maximum Gasteiger partial charge on any atom is 0.508 e.